The second-order valence-corrected chi connectivity index (χ2v) is 4.66. The average molecular weight is 256 g/mol. The van der Waals surface area contributed by atoms with Crippen LogP contribution in [0, 0.1) is 0 Å². The van der Waals surface area contributed by atoms with Crippen molar-refractivity contribution >= 4 is 22.4 Å². The fourth-order valence-electron chi connectivity index (χ4n) is 1.88. The van der Waals surface area contributed by atoms with Crippen LogP contribution in [0.2, 0.25) is 0 Å². The van der Waals surface area contributed by atoms with Gasteiger partial charge in [-0.25, -0.2) is 9.78 Å². The molecule has 0 aromatic carbocycles. The Hall–Kier alpha value is -1.14. The van der Waals surface area contributed by atoms with E-state index in [0.29, 0.717) is 5.69 Å². The van der Waals surface area contributed by atoms with Crippen molar-refractivity contribution in [2.75, 3.05) is 31.7 Å². The number of hydrogen-bond donors (Lipinski definition) is 0. The zero-order valence-electron chi connectivity index (χ0n) is 10.0. The van der Waals surface area contributed by atoms with Crippen LogP contribution in [0.25, 0.3) is 0 Å². The molecule has 2 rings (SSSR count). The average Bonchev–Trinajstić information content (AvgIpc) is 2.96. The second kappa shape index (κ2) is 5.46. The zero-order valence-corrected chi connectivity index (χ0v) is 10.8. The molecule has 1 aliphatic rings. The summed E-state index contributed by atoms with van der Waals surface area (Å²) < 4.78 is 10.2. The highest BCUT2D eigenvalue weighted by Gasteiger charge is 2.25. The van der Waals surface area contributed by atoms with E-state index in [1.54, 1.807) is 5.38 Å². The van der Waals surface area contributed by atoms with Crippen molar-refractivity contribution in [2.45, 2.75) is 19.4 Å². The molecule has 0 saturated carbocycles. The van der Waals surface area contributed by atoms with E-state index in [2.05, 4.69) is 14.6 Å². The standard InChI is InChI=1S/C11H16N2O3S/c1-3-16-8-4-5-13(6-8)11-12-9(7-17-11)10(14)15-2/h7-8H,3-6H2,1-2H3/t8-/m1/s1. The van der Waals surface area contributed by atoms with Gasteiger partial charge in [0.1, 0.15) is 0 Å². The van der Waals surface area contributed by atoms with E-state index >= 15 is 0 Å². The van der Waals surface area contributed by atoms with Gasteiger partial charge in [0.2, 0.25) is 0 Å². The van der Waals surface area contributed by atoms with Gasteiger partial charge in [-0.1, -0.05) is 0 Å². The molecule has 0 spiro atoms. The highest BCUT2D eigenvalue weighted by molar-refractivity contribution is 7.13. The third-order valence-corrected chi connectivity index (χ3v) is 3.61. The summed E-state index contributed by atoms with van der Waals surface area (Å²) >= 11 is 1.47. The molecular formula is C11H16N2O3S. The van der Waals surface area contributed by atoms with Gasteiger partial charge in [0.15, 0.2) is 10.8 Å². The van der Waals surface area contributed by atoms with E-state index in [0.717, 1.165) is 31.2 Å². The van der Waals surface area contributed by atoms with Crippen molar-refractivity contribution in [3.8, 4) is 0 Å². The number of thiazole rings is 1. The first kappa shape index (κ1) is 12.3. The lowest BCUT2D eigenvalue weighted by atomic mass is 10.3. The molecule has 17 heavy (non-hydrogen) atoms. The maximum absolute atomic E-state index is 11.3. The normalized spacial score (nSPS) is 19.6. The van der Waals surface area contributed by atoms with E-state index in [4.69, 9.17) is 4.74 Å². The summed E-state index contributed by atoms with van der Waals surface area (Å²) in [6.45, 7) is 4.52. The predicted octanol–water partition coefficient (Wildman–Crippen LogP) is 1.54. The zero-order chi connectivity index (χ0) is 12.3. The number of carbonyl (C=O) groups excluding carboxylic acids is 1. The van der Waals surface area contributed by atoms with Crippen LogP contribution in [-0.2, 0) is 9.47 Å². The molecule has 0 aliphatic carbocycles. The van der Waals surface area contributed by atoms with E-state index in [-0.39, 0.29) is 12.1 Å². The summed E-state index contributed by atoms with van der Waals surface area (Å²) in [6.07, 6.45) is 1.30. The van der Waals surface area contributed by atoms with Crippen molar-refractivity contribution in [1.29, 1.82) is 0 Å². The first-order valence-corrected chi connectivity index (χ1v) is 6.53. The molecule has 94 valence electrons. The van der Waals surface area contributed by atoms with E-state index in [1.165, 1.54) is 18.4 Å². The monoisotopic (exact) mass is 256 g/mol. The van der Waals surface area contributed by atoms with Gasteiger partial charge in [0, 0.05) is 25.1 Å². The van der Waals surface area contributed by atoms with Gasteiger partial charge in [-0.2, -0.15) is 0 Å². The van der Waals surface area contributed by atoms with Crippen molar-refractivity contribution < 1.29 is 14.3 Å². The maximum Gasteiger partial charge on any atom is 0.357 e. The lowest BCUT2D eigenvalue weighted by Crippen LogP contribution is -2.22. The number of hydrogen-bond acceptors (Lipinski definition) is 6. The van der Waals surface area contributed by atoms with Crippen LogP contribution in [0.4, 0.5) is 5.13 Å². The van der Waals surface area contributed by atoms with Crippen molar-refractivity contribution in [3.05, 3.63) is 11.1 Å². The van der Waals surface area contributed by atoms with Crippen LogP contribution in [0.3, 0.4) is 0 Å². The summed E-state index contributed by atoms with van der Waals surface area (Å²) in [4.78, 5) is 17.7. The Kier molecular flexibility index (Phi) is 3.96. The van der Waals surface area contributed by atoms with Crippen LogP contribution in [0.15, 0.2) is 5.38 Å². The summed E-state index contributed by atoms with van der Waals surface area (Å²) in [6, 6.07) is 0. The smallest absolute Gasteiger partial charge is 0.357 e. The fraction of sp³-hybridized carbons (Fsp3) is 0.636. The molecule has 1 atom stereocenters. The Morgan fingerprint density at radius 1 is 1.71 bits per heavy atom. The number of rotatable bonds is 4. The van der Waals surface area contributed by atoms with Crippen LogP contribution >= 0.6 is 11.3 Å². The summed E-state index contributed by atoms with van der Waals surface area (Å²) in [5.41, 5.74) is 0.382. The van der Waals surface area contributed by atoms with Gasteiger partial charge in [-0.05, 0) is 13.3 Å². The minimum absolute atomic E-state index is 0.283. The van der Waals surface area contributed by atoms with Crippen molar-refractivity contribution in [2.24, 2.45) is 0 Å². The fourth-order valence-corrected chi connectivity index (χ4v) is 2.71. The number of nitrogens with zero attached hydrogens (tertiary/aromatic N) is 2. The first-order chi connectivity index (χ1) is 8.24. The van der Waals surface area contributed by atoms with Crippen LogP contribution in [0.1, 0.15) is 23.8 Å². The van der Waals surface area contributed by atoms with E-state index in [1.807, 2.05) is 6.92 Å². The molecule has 0 amide bonds. The highest BCUT2D eigenvalue weighted by Crippen LogP contribution is 2.25. The quantitative estimate of drug-likeness (QED) is 0.765. The molecule has 0 bridgehead atoms. The molecule has 0 N–H and O–H groups in total. The van der Waals surface area contributed by atoms with Gasteiger partial charge >= 0.3 is 5.97 Å². The Labute approximate surface area is 104 Å². The van der Waals surface area contributed by atoms with Crippen LogP contribution in [0.5, 0.6) is 0 Å². The largest absolute Gasteiger partial charge is 0.464 e. The summed E-state index contributed by atoms with van der Waals surface area (Å²) in [5, 5.41) is 2.60. The topological polar surface area (TPSA) is 51.7 Å². The number of carbonyl (C=O) groups is 1. The first-order valence-electron chi connectivity index (χ1n) is 5.65. The molecule has 0 unspecified atom stereocenters. The van der Waals surface area contributed by atoms with Crippen molar-refractivity contribution in [3.63, 3.8) is 0 Å². The molecule has 1 aromatic rings. The third kappa shape index (κ3) is 2.76. The molecule has 1 saturated heterocycles. The summed E-state index contributed by atoms with van der Waals surface area (Å²) in [7, 11) is 1.36. The SMILES string of the molecule is CCO[C@@H]1CCN(c2nc(C(=O)OC)cs2)C1. The van der Waals surface area contributed by atoms with Crippen molar-refractivity contribution in [1.82, 2.24) is 4.98 Å². The lowest BCUT2D eigenvalue weighted by molar-refractivity contribution is 0.0595. The second-order valence-electron chi connectivity index (χ2n) is 3.82. The number of ether oxygens (including phenoxy) is 2. The predicted molar refractivity (Wildman–Crippen MR) is 65.7 cm³/mol. The van der Waals surface area contributed by atoms with Gasteiger partial charge in [-0.15, -0.1) is 11.3 Å². The molecule has 0 radical (unpaired) electrons. The molecule has 2 heterocycles. The highest BCUT2D eigenvalue weighted by atomic mass is 32.1. The molecular weight excluding hydrogens is 240 g/mol. The van der Waals surface area contributed by atoms with E-state index in [9.17, 15) is 4.79 Å². The molecule has 6 heteroatoms. The minimum Gasteiger partial charge on any atom is -0.464 e. The Balaban J connectivity index is 1.99. The molecule has 5 nitrogen and oxygen atoms in total. The van der Waals surface area contributed by atoms with Gasteiger partial charge in [-0.3, -0.25) is 0 Å². The van der Waals surface area contributed by atoms with Gasteiger partial charge in [0.25, 0.3) is 0 Å². The lowest BCUT2D eigenvalue weighted by Gasteiger charge is -2.14. The Bertz CT molecular complexity index is 394. The summed E-state index contributed by atoms with van der Waals surface area (Å²) in [5.74, 6) is -0.381. The number of methoxy groups -OCH3 is 1. The number of anilines is 1. The van der Waals surface area contributed by atoms with Gasteiger partial charge in [0.05, 0.1) is 13.2 Å². The van der Waals surface area contributed by atoms with E-state index < -0.39 is 0 Å². The van der Waals surface area contributed by atoms with Gasteiger partial charge < -0.3 is 14.4 Å². The molecule has 1 aromatic heterocycles. The Morgan fingerprint density at radius 2 is 2.53 bits per heavy atom. The maximum atomic E-state index is 11.3. The molecule has 1 aliphatic heterocycles. The molecule has 1 fully saturated rings. The third-order valence-electron chi connectivity index (χ3n) is 2.70. The Morgan fingerprint density at radius 3 is 3.24 bits per heavy atom. The minimum atomic E-state index is -0.381. The number of esters is 1. The van der Waals surface area contributed by atoms with Crippen LogP contribution in [-0.4, -0.2) is 43.9 Å². The van der Waals surface area contributed by atoms with Crippen LogP contribution < -0.4 is 4.90 Å². The number of aromatic nitrogens is 1.